The summed E-state index contributed by atoms with van der Waals surface area (Å²) in [6, 6.07) is 20.3. The number of nitrogens with zero attached hydrogens (tertiary/aromatic N) is 2. The topological polar surface area (TPSA) is 52.7 Å². The van der Waals surface area contributed by atoms with E-state index in [-0.39, 0.29) is 35.4 Å². The van der Waals surface area contributed by atoms with Crippen molar-refractivity contribution in [3.8, 4) is 0 Å². The van der Waals surface area contributed by atoms with Gasteiger partial charge in [-0.15, -0.1) is 0 Å². The minimum absolute atomic E-state index is 0.00578. The van der Waals surface area contributed by atoms with Crippen LogP contribution in [0, 0.1) is 17.6 Å². The van der Waals surface area contributed by atoms with Crippen LogP contribution in [0.3, 0.4) is 0 Å². The van der Waals surface area contributed by atoms with Crippen molar-refractivity contribution < 1.29 is 18.4 Å². The fraction of sp³-hybridized carbons (Fsp3) is 0.394. The lowest BCUT2D eigenvalue weighted by atomic mass is 9.96. The van der Waals surface area contributed by atoms with Crippen LogP contribution in [0.15, 0.2) is 72.8 Å². The van der Waals surface area contributed by atoms with Crippen LogP contribution in [0.2, 0.25) is 0 Å². The lowest BCUT2D eigenvalue weighted by molar-refractivity contribution is -0.140. The number of piperidine rings is 1. The van der Waals surface area contributed by atoms with E-state index in [1.54, 1.807) is 24.3 Å². The second-order valence-electron chi connectivity index (χ2n) is 10.6. The predicted octanol–water partition coefficient (Wildman–Crippen LogP) is 6.32. The number of likely N-dealkylation sites (tertiary alicyclic amines) is 1. The van der Waals surface area contributed by atoms with Crippen molar-refractivity contribution in [3.05, 3.63) is 107 Å². The van der Waals surface area contributed by atoms with Gasteiger partial charge in [0.25, 0.3) is 5.91 Å². The first-order chi connectivity index (χ1) is 19.4. The third-order valence-corrected chi connectivity index (χ3v) is 7.87. The molecule has 1 heterocycles. The largest absolute Gasteiger partial charge is 0.348 e. The van der Waals surface area contributed by atoms with Crippen LogP contribution in [0.25, 0.3) is 0 Å². The Balaban J connectivity index is 1.38. The average molecular weight is 548 g/mol. The molecule has 1 aliphatic heterocycles. The lowest BCUT2D eigenvalue weighted by Crippen LogP contribution is -2.48. The van der Waals surface area contributed by atoms with E-state index in [1.807, 2.05) is 24.3 Å². The van der Waals surface area contributed by atoms with Crippen molar-refractivity contribution in [1.29, 1.82) is 0 Å². The van der Waals surface area contributed by atoms with Crippen LogP contribution in [0.5, 0.6) is 0 Å². The summed E-state index contributed by atoms with van der Waals surface area (Å²) in [4.78, 5) is 30.7. The molecule has 2 amide bonds. The van der Waals surface area contributed by atoms with E-state index in [9.17, 15) is 18.4 Å². The molecule has 1 fully saturated rings. The molecule has 0 saturated carbocycles. The second kappa shape index (κ2) is 14.2. The quantitative estimate of drug-likeness (QED) is 0.306. The van der Waals surface area contributed by atoms with Crippen molar-refractivity contribution in [2.45, 2.75) is 65.2 Å². The summed E-state index contributed by atoms with van der Waals surface area (Å²) in [6.07, 6.45) is 3.39. The van der Waals surface area contributed by atoms with Crippen LogP contribution in [0.1, 0.15) is 66.6 Å². The molecule has 0 aliphatic carbocycles. The number of hydrogen-bond acceptors (Lipinski definition) is 3. The molecular formula is C33H39F2N3O2. The lowest BCUT2D eigenvalue weighted by Gasteiger charge is -2.40. The molecule has 40 heavy (non-hydrogen) atoms. The number of benzene rings is 3. The standard InChI is InChI=1S/C33H39F2N3O2/c1-3-27(4-2)33(40)38(31-17-19-37(20-18-31)22-25-9-15-30(35)16-10-25)23-26-5-11-28(12-6-26)32(39)36-21-24-7-13-29(34)14-8-24/h5-16,27,31H,3-4,17-23H2,1-2H3,(H,36,39). The van der Waals surface area contributed by atoms with Crippen LogP contribution in [0.4, 0.5) is 8.78 Å². The van der Waals surface area contributed by atoms with Gasteiger partial charge in [0.05, 0.1) is 0 Å². The van der Waals surface area contributed by atoms with Crippen LogP contribution < -0.4 is 5.32 Å². The van der Waals surface area contributed by atoms with Crippen molar-refractivity contribution in [2.24, 2.45) is 5.92 Å². The first-order valence-corrected chi connectivity index (χ1v) is 14.2. The molecule has 1 N–H and O–H groups in total. The minimum Gasteiger partial charge on any atom is -0.348 e. The molecule has 4 rings (SSSR count). The Morgan fingerprint density at radius 3 is 1.90 bits per heavy atom. The Morgan fingerprint density at radius 2 is 1.35 bits per heavy atom. The fourth-order valence-electron chi connectivity index (χ4n) is 5.34. The molecule has 212 valence electrons. The smallest absolute Gasteiger partial charge is 0.251 e. The molecule has 1 saturated heterocycles. The Morgan fingerprint density at radius 1 is 0.825 bits per heavy atom. The van der Waals surface area contributed by atoms with Crippen molar-refractivity contribution >= 4 is 11.8 Å². The van der Waals surface area contributed by atoms with E-state index in [1.165, 1.54) is 24.3 Å². The molecular weight excluding hydrogens is 508 g/mol. The molecule has 0 spiro atoms. The summed E-state index contributed by atoms with van der Waals surface area (Å²) >= 11 is 0. The first-order valence-electron chi connectivity index (χ1n) is 14.2. The van der Waals surface area contributed by atoms with Gasteiger partial charge in [-0.3, -0.25) is 14.5 Å². The molecule has 7 heteroatoms. The van der Waals surface area contributed by atoms with Gasteiger partial charge in [0.1, 0.15) is 11.6 Å². The SMILES string of the molecule is CCC(CC)C(=O)N(Cc1ccc(C(=O)NCc2ccc(F)cc2)cc1)C1CCN(Cc2ccc(F)cc2)CC1. The third-order valence-electron chi connectivity index (χ3n) is 7.87. The second-order valence-corrected chi connectivity index (χ2v) is 10.6. The highest BCUT2D eigenvalue weighted by Crippen LogP contribution is 2.25. The normalized spacial score (nSPS) is 14.3. The zero-order valence-electron chi connectivity index (χ0n) is 23.4. The number of rotatable bonds is 11. The first kappa shape index (κ1) is 29.4. The zero-order chi connectivity index (χ0) is 28.5. The number of nitrogens with one attached hydrogen (secondary N) is 1. The van der Waals surface area contributed by atoms with Gasteiger partial charge in [-0.05, 0) is 78.8 Å². The Bertz CT molecular complexity index is 1230. The van der Waals surface area contributed by atoms with Crippen molar-refractivity contribution in [1.82, 2.24) is 15.1 Å². The van der Waals surface area contributed by atoms with Crippen molar-refractivity contribution in [2.75, 3.05) is 13.1 Å². The number of carbonyl (C=O) groups excluding carboxylic acids is 2. The van der Waals surface area contributed by atoms with E-state index < -0.39 is 0 Å². The van der Waals surface area contributed by atoms with E-state index in [2.05, 4.69) is 29.0 Å². The zero-order valence-corrected chi connectivity index (χ0v) is 23.4. The molecule has 3 aromatic rings. The maximum Gasteiger partial charge on any atom is 0.251 e. The summed E-state index contributed by atoms with van der Waals surface area (Å²) in [5, 5.41) is 2.87. The van der Waals surface area contributed by atoms with E-state index in [4.69, 9.17) is 0 Å². The summed E-state index contributed by atoms with van der Waals surface area (Å²) in [6.45, 7) is 7.49. The van der Waals surface area contributed by atoms with Gasteiger partial charge in [0.2, 0.25) is 5.91 Å². The van der Waals surface area contributed by atoms with Crippen LogP contribution >= 0.6 is 0 Å². The van der Waals surface area contributed by atoms with Crippen LogP contribution in [-0.2, 0) is 24.4 Å². The maximum absolute atomic E-state index is 13.6. The molecule has 0 atom stereocenters. The highest BCUT2D eigenvalue weighted by atomic mass is 19.1. The average Bonchev–Trinajstić information content (AvgIpc) is 2.98. The molecule has 0 radical (unpaired) electrons. The molecule has 0 aromatic heterocycles. The third kappa shape index (κ3) is 7.98. The molecule has 0 unspecified atom stereocenters. The van der Waals surface area contributed by atoms with Crippen molar-refractivity contribution in [3.63, 3.8) is 0 Å². The Kier molecular flexibility index (Phi) is 10.4. The number of amides is 2. The van der Waals surface area contributed by atoms with E-state index in [0.717, 1.165) is 62.0 Å². The van der Waals surface area contributed by atoms with E-state index >= 15 is 0 Å². The number of halogens is 2. The van der Waals surface area contributed by atoms with Gasteiger partial charge < -0.3 is 10.2 Å². The number of carbonyl (C=O) groups is 2. The summed E-state index contributed by atoms with van der Waals surface area (Å²) in [7, 11) is 0. The fourth-order valence-corrected chi connectivity index (χ4v) is 5.34. The van der Waals surface area contributed by atoms with Gasteiger partial charge in [-0.25, -0.2) is 8.78 Å². The van der Waals surface area contributed by atoms with Gasteiger partial charge in [-0.2, -0.15) is 0 Å². The number of hydrogen-bond donors (Lipinski definition) is 1. The van der Waals surface area contributed by atoms with Gasteiger partial charge in [0.15, 0.2) is 0 Å². The summed E-state index contributed by atoms with van der Waals surface area (Å²) < 4.78 is 26.4. The maximum atomic E-state index is 13.6. The minimum atomic E-state index is -0.307. The predicted molar refractivity (Wildman–Crippen MR) is 153 cm³/mol. The Hall–Kier alpha value is -3.58. The van der Waals surface area contributed by atoms with E-state index in [0.29, 0.717) is 18.7 Å². The molecule has 5 nitrogen and oxygen atoms in total. The Labute approximate surface area is 236 Å². The summed E-state index contributed by atoms with van der Waals surface area (Å²) in [5.41, 5.74) is 3.44. The molecule has 3 aromatic carbocycles. The van der Waals surface area contributed by atoms with Gasteiger partial charge in [-0.1, -0.05) is 50.2 Å². The van der Waals surface area contributed by atoms with Gasteiger partial charge in [0, 0.05) is 50.2 Å². The highest BCUT2D eigenvalue weighted by Gasteiger charge is 2.31. The monoisotopic (exact) mass is 547 g/mol. The van der Waals surface area contributed by atoms with Gasteiger partial charge >= 0.3 is 0 Å². The summed E-state index contributed by atoms with van der Waals surface area (Å²) in [5.74, 6) is -0.541. The molecule has 0 bridgehead atoms. The highest BCUT2D eigenvalue weighted by molar-refractivity contribution is 5.94. The molecule has 1 aliphatic rings. The van der Waals surface area contributed by atoms with Crippen LogP contribution in [-0.4, -0.2) is 40.7 Å².